The Morgan fingerprint density at radius 1 is 1.53 bits per heavy atom. The quantitative estimate of drug-likeness (QED) is 0.503. The number of alkyl halides is 1. The molecule has 19 heavy (non-hydrogen) atoms. The van der Waals surface area contributed by atoms with Gasteiger partial charge in [0.2, 0.25) is 0 Å². The topological polar surface area (TPSA) is 72.2 Å². The van der Waals surface area contributed by atoms with Gasteiger partial charge in [-0.1, -0.05) is 41.4 Å². The molecular weight excluding hydrogens is 336 g/mol. The van der Waals surface area contributed by atoms with Gasteiger partial charge in [0.25, 0.3) is 11.6 Å². The summed E-state index contributed by atoms with van der Waals surface area (Å²) in [6, 6.07) is 3.92. The van der Waals surface area contributed by atoms with Crippen LogP contribution in [0.3, 0.4) is 0 Å². The van der Waals surface area contributed by atoms with Gasteiger partial charge in [0.05, 0.1) is 4.92 Å². The highest BCUT2D eigenvalue weighted by Gasteiger charge is 2.23. The third-order valence-electron chi connectivity index (χ3n) is 2.49. The van der Waals surface area contributed by atoms with Crippen LogP contribution in [0, 0.1) is 15.5 Å². The van der Waals surface area contributed by atoms with Gasteiger partial charge in [0.15, 0.2) is 0 Å². The van der Waals surface area contributed by atoms with Gasteiger partial charge < -0.3 is 5.32 Å². The normalized spacial score (nSPS) is 11.2. The van der Waals surface area contributed by atoms with Crippen LogP contribution in [0.1, 0.15) is 24.2 Å². The average Bonchev–Trinajstić information content (AvgIpc) is 2.35. The van der Waals surface area contributed by atoms with E-state index in [-0.39, 0.29) is 21.7 Å². The molecule has 0 aliphatic carbocycles. The number of amides is 1. The lowest BCUT2D eigenvalue weighted by atomic mass is 9.96. The van der Waals surface area contributed by atoms with Crippen molar-refractivity contribution in [2.75, 3.05) is 11.9 Å². The summed E-state index contributed by atoms with van der Waals surface area (Å²) in [5, 5.41) is 14.5. The highest BCUT2D eigenvalue weighted by atomic mass is 79.9. The predicted molar refractivity (Wildman–Crippen MR) is 78.0 cm³/mol. The number of hydrogen-bond donors (Lipinski definition) is 1. The molecule has 0 aliphatic heterocycles. The summed E-state index contributed by atoms with van der Waals surface area (Å²) in [5.41, 5.74) is -0.412. The Balaban J connectivity index is 2.93. The molecule has 1 rings (SSSR count). The molecule has 0 aromatic heterocycles. The van der Waals surface area contributed by atoms with Crippen LogP contribution in [-0.2, 0) is 0 Å². The molecule has 0 fully saturated rings. The molecule has 0 aliphatic rings. The number of nitrogens with one attached hydrogen (secondary N) is 1. The van der Waals surface area contributed by atoms with Gasteiger partial charge >= 0.3 is 0 Å². The molecule has 1 aromatic carbocycles. The number of nitro groups is 1. The lowest BCUT2D eigenvalue weighted by Gasteiger charge is -2.21. The third-order valence-corrected chi connectivity index (χ3v) is 4.24. The largest absolute Gasteiger partial charge is 0.351 e. The number of nitrogens with zero attached hydrogens (tertiary/aromatic N) is 1. The minimum Gasteiger partial charge on any atom is -0.351 e. The zero-order valence-corrected chi connectivity index (χ0v) is 12.9. The number of carbonyl (C=O) groups is 1. The molecule has 5 nitrogen and oxygen atoms in total. The van der Waals surface area contributed by atoms with E-state index in [0.29, 0.717) is 11.9 Å². The molecule has 0 bridgehead atoms. The summed E-state index contributed by atoms with van der Waals surface area (Å²) in [6.07, 6.45) is 0. The fourth-order valence-corrected chi connectivity index (χ4v) is 1.68. The molecular formula is C12H14BrClN2O3. The maximum absolute atomic E-state index is 12.0. The van der Waals surface area contributed by atoms with Gasteiger partial charge in [0, 0.05) is 23.0 Å². The van der Waals surface area contributed by atoms with Gasteiger partial charge in [0.1, 0.15) is 5.56 Å². The van der Waals surface area contributed by atoms with Crippen LogP contribution in [-0.4, -0.2) is 22.7 Å². The predicted octanol–water partition coefficient (Wildman–Crippen LogP) is 3.40. The van der Waals surface area contributed by atoms with Crippen LogP contribution in [0.2, 0.25) is 5.02 Å². The van der Waals surface area contributed by atoms with Crippen molar-refractivity contribution in [3.8, 4) is 0 Å². The number of carbonyl (C=O) groups excluding carboxylic acids is 1. The Hall–Kier alpha value is -1.14. The third kappa shape index (κ3) is 4.47. The maximum Gasteiger partial charge on any atom is 0.282 e. The lowest BCUT2D eigenvalue weighted by molar-refractivity contribution is -0.385. The van der Waals surface area contributed by atoms with Crippen LogP contribution in [0.5, 0.6) is 0 Å². The molecule has 0 saturated carbocycles. The molecule has 0 radical (unpaired) electrons. The summed E-state index contributed by atoms with van der Waals surface area (Å²) < 4.78 is 0. The molecule has 1 aromatic rings. The van der Waals surface area contributed by atoms with Gasteiger partial charge in [-0.25, -0.2) is 0 Å². The number of benzene rings is 1. The Labute approximate surface area is 124 Å². The van der Waals surface area contributed by atoms with E-state index < -0.39 is 10.8 Å². The monoisotopic (exact) mass is 348 g/mol. The summed E-state index contributed by atoms with van der Waals surface area (Å²) >= 11 is 9.12. The Bertz CT molecular complexity index is 506. The zero-order valence-electron chi connectivity index (χ0n) is 10.6. The van der Waals surface area contributed by atoms with E-state index in [1.807, 2.05) is 13.8 Å². The van der Waals surface area contributed by atoms with Crippen LogP contribution in [0.4, 0.5) is 5.69 Å². The number of halogens is 2. The highest BCUT2D eigenvalue weighted by Crippen LogP contribution is 2.23. The average molecular weight is 350 g/mol. The molecule has 7 heteroatoms. The van der Waals surface area contributed by atoms with Crippen molar-refractivity contribution in [2.45, 2.75) is 13.8 Å². The van der Waals surface area contributed by atoms with Crippen molar-refractivity contribution in [1.29, 1.82) is 0 Å². The summed E-state index contributed by atoms with van der Waals surface area (Å²) in [6.45, 7) is 4.34. The molecule has 1 N–H and O–H groups in total. The number of rotatable bonds is 5. The van der Waals surface area contributed by atoms with Crippen molar-refractivity contribution >= 4 is 39.1 Å². The standard InChI is InChI=1S/C12H14BrClN2O3/c1-12(2,6-13)7-15-11(17)9-5-8(14)3-4-10(9)16(18)19/h3-5H,6-7H2,1-2H3,(H,15,17). The van der Waals surface area contributed by atoms with E-state index in [1.165, 1.54) is 18.2 Å². The Kier molecular flexibility index (Phi) is 5.31. The van der Waals surface area contributed by atoms with Crippen LogP contribution in [0.15, 0.2) is 18.2 Å². The first-order chi connectivity index (χ1) is 8.76. The summed E-state index contributed by atoms with van der Waals surface area (Å²) in [5.74, 6) is -0.497. The van der Waals surface area contributed by atoms with E-state index in [1.54, 1.807) is 0 Å². The first-order valence-corrected chi connectivity index (χ1v) is 7.05. The number of hydrogen-bond acceptors (Lipinski definition) is 3. The smallest absolute Gasteiger partial charge is 0.282 e. The second-order valence-corrected chi connectivity index (χ2v) is 5.90. The summed E-state index contributed by atoms with van der Waals surface area (Å²) in [7, 11) is 0. The van der Waals surface area contributed by atoms with E-state index >= 15 is 0 Å². The Morgan fingerprint density at radius 2 is 2.16 bits per heavy atom. The van der Waals surface area contributed by atoms with Crippen molar-refractivity contribution < 1.29 is 9.72 Å². The minimum absolute atomic E-state index is 0.0251. The lowest BCUT2D eigenvalue weighted by Crippen LogP contribution is -2.35. The van der Waals surface area contributed by atoms with Gasteiger partial charge in [-0.2, -0.15) is 0 Å². The Morgan fingerprint density at radius 3 is 2.68 bits per heavy atom. The van der Waals surface area contributed by atoms with Crippen LogP contribution >= 0.6 is 27.5 Å². The van der Waals surface area contributed by atoms with Crippen LogP contribution in [0.25, 0.3) is 0 Å². The van der Waals surface area contributed by atoms with Crippen molar-refractivity contribution in [3.63, 3.8) is 0 Å². The summed E-state index contributed by atoms with van der Waals surface area (Å²) in [4.78, 5) is 22.3. The van der Waals surface area contributed by atoms with Gasteiger partial charge in [-0.05, 0) is 17.5 Å². The van der Waals surface area contributed by atoms with Gasteiger partial charge in [-0.3, -0.25) is 14.9 Å². The minimum atomic E-state index is -0.596. The molecule has 0 saturated heterocycles. The fraction of sp³-hybridized carbons (Fsp3) is 0.417. The van der Waals surface area contributed by atoms with Crippen molar-refractivity contribution in [3.05, 3.63) is 38.9 Å². The van der Waals surface area contributed by atoms with Crippen molar-refractivity contribution in [1.82, 2.24) is 5.32 Å². The zero-order chi connectivity index (χ0) is 14.6. The van der Waals surface area contributed by atoms with E-state index in [0.717, 1.165) is 0 Å². The molecule has 104 valence electrons. The maximum atomic E-state index is 12.0. The van der Waals surface area contributed by atoms with E-state index in [2.05, 4.69) is 21.2 Å². The first kappa shape index (κ1) is 15.9. The number of nitro benzene ring substituents is 1. The van der Waals surface area contributed by atoms with E-state index in [4.69, 9.17) is 11.6 Å². The highest BCUT2D eigenvalue weighted by molar-refractivity contribution is 9.09. The van der Waals surface area contributed by atoms with Gasteiger partial charge in [-0.15, -0.1) is 0 Å². The first-order valence-electron chi connectivity index (χ1n) is 5.55. The second-order valence-electron chi connectivity index (χ2n) is 4.90. The fourth-order valence-electron chi connectivity index (χ4n) is 1.31. The second kappa shape index (κ2) is 6.34. The molecule has 0 spiro atoms. The van der Waals surface area contributed by atoms with Crippen molar-refractivity contribution in [2.24, 2.45) is 5.41 Å². The van der Waals surface area contributed by atoms with Crippen LogP contribution < -0.4 is 5.32 Å². The molecule has 1 amide bonds. The molecule has 0 atom stereocenters. The van der Waals surface area contributed by atoms with E-state index in [9.17, 15) is 14.9 Å². The molecule has 0 unspecified atom stereocenters. The molecule has 0 heterocycles. The SMILES string of the molecule is CC(C)(CBr)CNC(=O)c1cc(Cl)ccc1[N+](=O)[O-].